The Kier molecular flexibility index (Phi) is 5.90. The van der Waals surface area contributed by atoms with Crippen LogP contribution in [0.4, 0.5) is 10.6 Å². The largest absolute Gasteiger partial charge is 0.491 e. The molecule has 1 aliphatic rings. The molecule has 9 nitrogen and oxygen atoms in total. The van der Waals surface area contributed by atoms with Crippen LogP contribution in [-0.2, 0) is 4.74 Å². The molecule has 4 rings (SSSR count). The van der Waals surface area contributed by atoms with E-state index in [0.29, 0.717) is 24.7 Å². The van der Waals surface area contributed by atoms with Gasteiger partial charge in [-0.25, -0.2) is 14.8 Å². The number of aromatic nitrogens is 4. The van der Waals surface area contributed by atoms with Crippen molar-refractivity contribution in [3.05, 3.63) is 36.9 Å². The van der Waals surface area contributed by atoms with Crippen molar-refractivity contribution >= 4 is 22.9 Å². The Morgan fingerprint density at radius 2 is 2.06 bits per heavy atom. The quantitative estimate of drug-likeness (QED) is 0.643. The van der Waals surface area contributed by atoms with E-state index in [0.717, 1.165) is 23.2 Å². The second kappa shape index (κ2) is 8.64. The van der Waals surface area contributed by atoms with Crippen molar-refractivity contribution in [2.24, 2.45) is 0 Å². The maximum atomic E-state index is 12.3. The minimum Gasteiger partial charge on any atom is -0.491 e. The van der Waals surface area contributed by atoms with Gasteiger partial charge in [0.25, 0.3) is 0 Å². The highest BCUT2D eigenvalue weighted by Gasteiger charge is 2.30. The molecular weight excluding hydrogens is 408 g/mol. The molecule has 1 N–H and O–H groups in total. The fourth-order valence-electron chi connectivity index (χ4n) is 3.64. The first kappa shape index (κ1) is 21.9. The standard InChI is InChI=1S/C23H30N6O3/c1-15(2)31-17-6-7-18-19(10-17)29(14-25-18)21-12-24-11-20(27-21)26-16-8-9-28(13-16)22(30)32-23(3,4)5/h6-7,10-12,14-16H,8-9,13H2,1-5H3,(H,26,27)/t16-/m1/s1. The number of imidazole rings is 1. The first-order valence-electron chi connectivity index (χ1n) is 10.9. The predicted octanol–water partition coefficient (Wildman–Crippen LogP) is 4.02. The Morgan fingerprint density at radius 1 is 1.25 bits per heavy atom. The zero-order chi connectivity index (χ0) is 22.9. The van der Waals surface area contributed by atoms with E-state index in [1.54, 1.807) is 23.6 Å². The fourth-order valence-corrected chi connectivity index (χ4v) is 3.64. The van der Waals surface area contributed by atoms with Gasteiger partial charge in [-0.3, -0.25) is 9.55 Å². The van der Waals surface area contributed by atoms with Crippen LogP contribution in [0.3, 0.4) is 0 Å². The molecule has 1 fully saturated rings. The SMILES string of the molecule is CC(C)Oc1ccc2ncn(-c3cncc(N[C@@H]4CCN(C(=O)OC(C)(C)C)C4)n3)c2c1. The van der Waals surface area contributed by atoms with E-state index >= 15 is 0 Å². The molecular formula is C23H30N6O3. The van der Waals surface area contributed by atoms with Crippen molar-refractivity contribution in [1.82, 2.24) is 24.4 Å². The maximum Gasteiger partial charge on any atom is 0.410 e. The average molecular weight is 439 g/mol. The lowest BCUT2D eigenvalue weighted by Crippen LogP contribution is -2.36. The summed E-state index contributed by atoms with van der Waals surface area (Å²) >= 11 is 0. The summed E-state index contributed by atoms with van der Waals surface area (Å²) in [5, 5.41) is 3.39. The van der Waals surface area contributed by atoms with Gasteiger partial charge in [0.1, 0.15) is 23.5 Å². The first-order valence-corrected chi connectivity index (χ1v) is 10.9. The minimum absolute atomic E-state index is 0.0812. The third kappa shape index (κ3) is 5.09. The highest BCUT2D eigenvalue weighted by atomic mass is 16.6. The number of carbonyl (C=O) groups is 1. The van der Waals surface area contributed by atoms with Crippen molar-refractivity contribution in [2.45, 2.75) is 58.8 Å². The summed E-state index contributed by atoms with van der Waals surface area (Å²) < 4.78 is 13.2. The monoisotopic (exact) mass is 438 g/mol. The number of likely N-dealkylation sites (tertiary alicyclic amines) is 1. The Bertz CT molecular complexity index is 1100. The van der Waals surface area contributed by atoms with Gasteiger partial charge in [0.15, 0.2) is 5.82 Å². The topological polar surface area (TPSA) is 94.4 Å². The zero-order valence-corrected chi connectivity index (χ0v) is 19.2. The van der Waals surface area contributed by atoms with Gasteiger partial charge < -0.3 is 19.7 Å². The van der Waals surface area contributed by atoms with Gasteiger partial charge in [-0.15, -0.1) is 0 Å². The van der Waals surface area contributed by atoms with E-state index in [1.165, 1.54) is 0 Å². The summed E-state index contributed by atoms with van der Waals surface area (Å²) in [5.74, 6) is 2.08. The molecule has 1 atom stereocenters. The molecule has 0 saturated carbocycles. The lowest BCUT2D eigenvalue weighted by Gasteiger charge is -2.24. The third-order valence-corrected chi connectivity index (χ3v) is 4.95. The average Bonchev–Trinajstić information content (AvgIpc) is 3.33. The van der Waals surface area contributed by atoms with Crippen LogP contribution < -0.4 is 10.1 Å². The number of ether oxygens (including phenoxy) is 2. The number of rotatable bonds is 5. The number of amides is 1. The number of hydrogen-bond acceptors (Lipinski definition) is 7. The van der Waals surface area contributed by atoms with E-state index < -0.39 is 5.60 Å². The number of hydrogen-bond donors (Lipinski definition) is 1. The van der Waals surface area contributed by atoms with Gasteiger partial charge in [-0.05, 0) is 53.2 Å². The molecule has 1 amide bonds. The van der Waals surface area contributed by atoms with Crippen LogP contribution in [-0.4, -0.2) is 61.3 Å². The van der Waals surface area contributed by atoms with E-state index in [-0.39, 0.29) is 18.2 Å². The smallest absolute Gasteiger partial charge is 0.410 e. The van der Waals surface area contributed by atoms with E-state index in [2.05, 4.69) is 15.3 Å². The molecule has 170 valence electrons. The second-order valence-corrected chi connectivity index (χ2v) is 9.25. The van der Waals surface area contributed by atoms with Crippen molar-refractivity contribution in [2.75, 3.05) is 18.4 Å². The molecule has 2 aromatic heterocycles. The normalized spacial score (nSPS) is 16.6. The third-order valence-electron chi connectivity index (χ3n) is 4.95. The van der Waals surface area contributed by atoms with Crippen LogP contribution >= 0.6 is 0 Å². The van der Waals surface area contributed by atoms with E-state index in [1.807, 2.05) is 57.4 Å². The van der Waals surface area contributed by atoms with Gasteiger partial charge in [0.05, 0.1) is 29.5 Å². The summed E-state index contributed by atoms with van der Waals surface area (Å²) in [7, 11) is 0. The summed E-state index contributed by atoms with van der Waals surface area (Å²) in [5.41, 5.74) is 1.24. The van der Waals surface area contributed by atoms with Crippen molar-refractivity contribution < 1.29 is 14.3 Å². The maximum absolute atomic E-state index is 12.3. The van der Waals surface area contributed by atoms with Crippen LogP contribution in [0.2, 0.25) is 0 Å². The molecule has 9 heteroatoms. The number of anilines is 1. The van der Waals surface area contributed by atoms with E-state index in [9.17, 15) is 4.79 Å². The molecule has 0 bridgehead atoms. The number of benzene rings is 1. The zero-order valence-electron chi connectivity index (χ0n) is 19.2. The summed E-state index contributed by atoms with van der Waals surface area (Å²) in [6.45, 7) is 10.8. The van der Waals surface area contributed by atoms with Crippen LogP contribution in [0, 0.1) is 0 Å². The van der Waals surface area contributed by atoms with Crippen molar-refractivity contribution in [3.8, 4) is 11.6 Å². The summed E-state index contributed by atoms with van der Waals surface area (Å²) in [6, 6.07) is 5.89. The van der Waals surface area contributed by atoms with Crippen molar-refractivity contribution in [3.63, 3.8) is 0 Å². The molecule has 32 heavy (non-hydrogen) atoms. The summed E-state index contributed by atoms with van der Waals surface area (Å²) in [6.07, 6.45) is 5.73. The first-order chi connectivity index (χ1) is 15.2. The second-order valence-electron chi connectivity index (χ2n) is 9.25. The van der Waals surface area contributed by atoms with Crippen LogP contribution in [0.15, 0.2) is 36.9 Å². The molecule has 3 aromatic rings. The van der Waals surface area contributed by atoms with Crippen LogP contribution in [0.1, 0.15) is 41.0 Å². The number of nitrogens with one attached hydrogen (secondary N) is 1. The predicted molar refractivity (Wildman–Crippen MR) is 122 cm³/mol. The Morgan fingerprint density at radius 3 is 2.81 bits per heavy atom. The lowest BCUT2D eigenvalue weighted by atomic mass is 10.2. The lowest BCUT2D eigenvalue weighted by molar-refractivity contribution is 0.0293. The molecule has 0 spiro atoms. The van der Waals surface area contributed by atoms with Gasteiger partial charge >= 0.3 is 6.09 Å². The number of fused-ring (bicyclic) bond motifs is 1. The molecule has 1 saturated heterocycles. The summed E-state index contributed by atoms with van der Waals surface area (Å²) in [4.78, 5) is 27.6. The number of carbonyl (C=O) groups excluding carboxylic acids is 1. The van der Waals surface area contributed by atoms with Crippen LogP contribution in [0.5, 0.6) is 5.75 Å². The number of nitrogens with zero attached hydrogens (tertiary/aromatic N) is 5. The Labute approximate surface area is 187 Å². The van der Waals surface area contributed by atoms with E-state index in [4.69, 9.17) is 14.5 Å². The molecule has 0 aliphatic carbocycles. The molecule has 3 heterocycles. The van der Waals surface area contributed by atoms with Gasteiger partial charge in [0, 0.05) is 25.2 Å². The highest BCUT2D eigenvalue weighted by molar-refractivity contribution is 5.78. The molecule has 1 aromatic carbocycles. The Hall–Kier alpha value is -3.36. The van der Waals surface area contributed by atoms with Gasteiger partial charge in [-0.1, -0.05) is 0 Å². The highest BCUT2D eigenvalue weighted by Crippen LogP contribution is 2.24. The van der Waals surface area contributed by atoms with Crippen molar-refractivity contribution in [1.29, 1.82) is 0 Å². The minimum atomic E-state index is -0.504. The molecule has 0 radical (unpaired) electrons. The molecule has 0 unspecified atom stereocenters. The van der Waals surface area contributed by atoms with Gasteiger partial charge in [0.2, 0.25) is 0 Å². The molecule has 1 aliphatic heterocycles. The fraction of sp³-hybridized carbons (Fsp3) is 0.478. The van der Waals surface area contributed by atoms with Crippen LogP contribution in [0.25, 0.3) is 16.9 Å². The Balaban J connectivity index is 1.48. The van der Waals surface area contributed by atoms with Gasteiger partial charge in [-0.2, -0.15) is 0 Å².